The van der Waals surface area contributed by atoms with Gasteiger partial charge in [0.25, 0.3) is 0 Å². The number of carboxylic acid groups (broad SMARTS) is 1. The quantitative estimate of drug-likeness (QED) is 0.529. The van der Waals surface area contributed by atoms with Crippen LogP contribution in [0, 0.1) is 0 Å². The van der Waals surface area contributed by atoms with E-state index >= 15 is 0 Å². The standard InChI is InChI=1S/C6H13NO3/c1-10-4-2-3-5(7)6(8)9/h5H,2-4,7H2,1H3,(H,8,9)/t5-/m0/s1. The Hall–Kier alpha value is -0.610. The number of aliphatic carboxylic acids is 1. The number of ether oxygens (including phenoxy) is 1. The molecule has 0 rings (SSSR count). The average molecular weight is 147 g/mol. The first-order valence-corrected chi connectivity index (χ1v) is 3.15. The van der Waals surface area contributed by atoms with Gasteiger partial charge in [-0.3, -0.25) is 4.79 Å². The second-order valence-corrected chi connectivity index (χ2v) is 2.08. The van der Waals surface area contributed by atoms with Crippen LogP contribution in [0.3, 0.4) is 0 Å². The minimum Gasteiger partial charge on any atom is -0.480 e. The molecule has 0 saturated heterocycles. The Kier molecular flexibility index (Phi) is 4.88. The summed E-state index contributed by atoms with van der Waals surface area (Å²) in [7, 11) is 1.58. The van der Waals surface area contributed by atoms with Crippen LogP contribution in [0.15, 0.2) is 0 Å². The lowest BCUT2D eigenvalue weighted by molar-refractivity contribution is -0.138. The van der Waals surface area contributed by atoms with E-state index in [1.54, 1.807) is 7.11 Å². The summed E-state index contributed by atoms with van der Waals surface area (Å²) in [5.74, 6) is -0.948. The highest BCUT2D eigenvalue weighted by molar-refractivity contribution is 5.72. The molecule has 0 fully saturated rings. The fraction of sp³-hybridized carbons (Fsp3) is 0.833. The maximum Gasteiger partial charge on any atom is 0.320 e. The third-order valence-electron chi connectivity index (χ3n) is 1.18. The number of rotatable bonds is 5. The summed E-state index contributed by atoms with van der Waals surface area (Å²) >= 11 is 0. The molecule has 0 aromatic heterocycles. The fourth-order valence-corrected chi connectivity index (χ4v) is 0.571. The molecule has 0 aliphatic rings. The van der Waals surface area contributed by atoms with Gasteiger partial charge in [0.05, 0.1) is 0 Å². The monoisotopic (exact) mass is 147 g/mol. The predicted octanol–water partition coefficient (Wildman–Crippen LogP) is -0.175. The van der Waals surface area contributed by atoms with Gasteiger partial charge in [-0.1, -0.05) is 0 Å². The van der Waals surface area contributed by atoms with Crippen LogP contribution in [-0.4, -0.2) is 30.8 Å². The van der Waals surface area contributed by atoms with Crippen molar-refractivity contribution in [3.05, 3.63) is 0 Å². The molecule has 1 atom stereocenters. The fourth-order valence-electron chi connectivity index (χ4n) is 0.571. The van der Waals surface area contributed by atoms with Crippen molar-refractivity contribution >= 4 is 5.97 Å². The molecule has 0 aliphatic heterocycles. The Balaban J connectivity index is 3.21. The largest absolute Gasteiger partial charge is 0.480 e. The second kappa shape index (κ2) is 5.20. The summed E-state index contributed by atoms with van der Waals surface area (Å²) in [5, 5.41) is 8.32. The summed E-state index contributed by atoms with van der Waals surface area (Å²) in [4.78, 5) is 10.1. The lowest BCUT2D eigenvalue weighted by Gasteiger charge is -2.03. The zero-order valence-electron chi connectivity index (χ0n) is 6.04. The number of hydrogen-bond acceptors (Lipinski definition) is 3. The van der Waals surface area contributed by atoms with Gasteiger partial charge in [0, 0.05) is 13.7 Å². The van der Waals surface area contributed by atoms with Crippen molar-refractivity contribution in [1.82, 2.24) is 0 Å². The van der Waals surface area contributed by atoms with Crippen LogP contribution in [0.4, 0.5) is 0 Å². The molecule has 0 aromatic carbocycles. The second-order valence-electron chi connectivity index (χ2n) is 2.08. The van der Waals surface area contributed by atoms with Gasteiger partial charge in [0.2, 0.25) is 0 Å². The van der Waals surface area contributed by atoms with Gasteiger partial charge in [-0.25, -0.2) is 0 Å². The van der Waals surface area contributed by atoms with Gasteiger partial charge in [-0.05, 0) is 12.8 Å². The maximum atomic E-state index is 10.1. The Bertz CT molecular complexity index is 105. The first kappa shape index (κ1) is 9.39. The van der Waals surface area contributed by atoms with Gasteiger partial charge in [-0.15, -0.1) is 0 Å². The molecule has 0 unspecified atom stereocenters. The molecule has 0 aliphatic carbocycles. The van der Waals surface area contributed by atoms with Crippen LogP contribution in [-0.2, 0) is 9.53 Å². The molecule has 0 saturated carbocycles. The third-order valence-corrected chi connectivity index (χ3v) is 1.18. The lowest BCUT2D eigenvalue weighted by atomic mass is 10.2. The summed E-state index contributed by atoms with van der Waals surface area (Å²) in [6, 6.07) is -0.741. The first-order chi connectivity index (χ1) is 4.68. The van der Waals surface area contributed by atoms with E-state index in [-0.39, 0.29) is 0 Å². The Morgan fingerprint density at radius 3 is 2.80 bits per heavy atom. The smallest absolute Gasteiger partial charge is 0.320 e. The molecule has 0 heterocycles. The van der Waals surface area contributed by atoms with Gasteiger partial charge in [0.15, 0.2) is 0 Å². The first-order valence-electron chi connectivity index (χ1n) is 3.15. The normalized spacial score (nSPS) is 13.0. The molecular weight excluding hydrogens is 134 g/mol. The Morgan fingerprint density at radius 1 is 1.80 bits per heavy atom. The van der Waals surface area contributed by atoms with Crippen molar-refractivity contribution in [3.8, 4) is 0 Å². The van der Waals surface area contributed by atoms with E-state index in [0.29, 0.717) is 19.4 Å². The highest BCUT2D eigenvalue weighted by Gasteiger charge is 2.09. The van der Waals surface area contributed by atoms with E-state index in [1.165, 1.54) is 0 Å². The molecule has 0 aromatic rings. The molecule has 60 valence electrons. The molecule has 4 nitrogen and oxygen atoms in total. The van der Waals surface area contributed by atoms with E-state index in [1.807, 2.05) is 0 Å². The highest BCUT2D eigenvalue weighted by atomic mass is 16.5. The minimum absolute atomic E-state index is 0.475. The molecule has 3 N–H and O–H groups in total. The zero-order valence-corrected chi connectivity index (χ0v) is 6.04. The maximum absolute atomic E-state index is 10.1. The number of hydrogen-bond donors (Lipinski definition) is 2. The highest BCUT2D eigenvalue weighted by Crippen LogP contribution is 1.93. The minimum atomic E-state index is -0.948. The number of methoxy groups -OCH3 is 1. The van der Waals surface area contributed by atoms with E-state index in [4.69, 9.17) is 15.6 Å². The predicted molar refractivity (Wildman–Crippen MR) is 36.7 cm³/mol. The van der Waals surface area contributed by atoms with Crippen molar-refractivity contribution in [2.24, 2.45) is 5.73 Å². The average Bonchev–Trinajstić information content (AvgIpc) is 1.88. The van der Waals surface area contributed by atoms with Gasteiger partial charge >= 0.3 is 5.97 Å². The third kappa shape index (κ3) is 4.29. The SMILES string of the molecule is COCCC[C@H](N)C(=O)O. The topological polar surface area (TPSA) is 72.5 Å². The zero-order chi connectivity index (χ0) is 7.98. The number of nitrogens with two attached hydrogens (primary N) is 1. The Morgan fingerprint density at radius 2 is 2.40 bits per heavy atom. The number of carbonyl (C=O) groups is 1. The van der Waals surface area contributed by atoms with Gasteiger partial charge in [-0.2, -0.15) is 0 Å². The lowest BCUT2D eigenvalue weighted by Crippen LogP contribution is -2.30. The van der Waals surface area contributed by atoms with Crippen LogP contribution >= 0.6 is 0 Å². The molecule has 0 amide bonds. The Labute approximate surface area is 60.0 Å². The van der Waals surface area contributed by atoms with Crippen LogP contribution in [0.5, 0.6) is 0 Å². The van der Waals surface area contributed by atoms with E-state index in [0.717, 1.165) is 0 Å². The van der Waals surface area contributed by atoms with E-state index in [9.17, 15) is 4.79 Å². The van der Waals surface area contributed by atoms with Crippen molar-refractivity contribution in [2.75, 3.05) is 13.7 Å². The van der Waals surface area contributed by atoms with E-state index in [2.05, 4.69) is 0 Å². The van der Waals surface area contributed by atoms with E-state index < -0.39 is 12.0 Å². The molecule has 0 radical (unpaired) electrons. The number of carboxylic acids is 1. The van der Waals surface area contributed by atoms with Crippen molar-refractivity contribution < 1.29 is 14.6 Å². The van der Waals surface area contributed by atoms with Gasteiger partial charge in [0.1, 0.15) is 6.04 Å². The van der Waals surface area contributed by atoms with Crippen LogP contribution in [0.25, 0.3) is 0 Å². The van der Waals surface area contributed by atoms with Crippen molar-refractivity contribution in [1.29, 1.82) is 0 Å². The van der Waals surface area contributed by atoms with Crippen LogP contribution < -0.4 is 5.73 Å². The molecule has 0 spiro atoms. The molecular formula is C6H13NO3. The molecule has 4 heteroatoms. The van der Waals surface area contributed by atoms with Gasteiger partial charge < -0.3 is 15.6 Å². The summed E-state index contributed by atoms with van der Waals surface area (Å²) in [5.41, 5.74) is 5.20. The molecule has 10 heavy (non-hydrogen) atoms. The van der Waals surface area contributed by atoms with Crippen molar-refractivity contribution in [2.45, 2.75) is 18.9 Å². The van der Waals surface area contributed by atoms with Crippen LogP contribution in [0.1, 0.15) is 12.8 Å². The summed E-state index contributed by atoms with van der Waals surface area (Å²) in [6.45, 7) is 0.570. The summed E-state index contributed by atoms with van der Waals surface area (Å²) < 4.78 is 4.72. The van der Waals surface area contributed by atoms with Crippen molar-refractivity contribution in [3.63, 3.8) is 0 Å². The summed E-state index contributed by atoms with van der Waals surface area (Å²) in [6.07, 6.45) is 1.17. The van der Waals surface area contributed by atoms with Crippen LogP contribution in [0.2, 0.25) is 0 Å². The molecule has 0 bridgehead atoms.